The van der Waals surface area contributed by atoms with Gasteiger partial charge in [0.2, 0.25) is 0 Å². The second-order valence-electron chi connectivity index (χ2n) is 4.00. The fraction of sp³-hybridized carbons (Fsp3) is 0.154. The summed E-state index contributed by atoms with van der Waals surface area (Å²) >= 11 is 6.63. The van der Waals surface area contributed by atoms with Crippen molar-refractivity contribution < 1.29 is 4.39 Å². The summed E-state index contributed by atoms with van der Waals surface area (Å²) < 4.78 is 14.9. The summed E-state index contributed by atoms with van der Waals surface area (Å²) in [5.74, 6) is 0.381. The average Bonchev–Trinajstić information content (AvgIpc) is 2.32. The summed E-state index contributed by atoms with van der Waals surface area (Å²) in [6.45, 7) is 3.89. The van der Waals surface area contributed by atoms with Gasteiger partial charge in [-0.15, -0.1) is 0 Å². The Morgan fingerprint density at radius 1 is 1.17 bits per heavy atom. The third kappa shape index (κ3) is 2.72. The molecule has 1 N–H and O–H groups in total. The summed E-state index contributed by atoms with van der Waals surface area (Å²) in [5.41, 5.74) is 2.72. The minimum atomic E-state index is -0.299. The molecule has 0 aliphatic rings. The highest BCUT2D eigenvalue weighted by Gasteiger charge is 2.09. The van der Waals surface area contributed by atoms with Gasteiger partial charge in [0.05, 0.1) is 8.95 Å². The Bertz CT molecular complexity index is 600. The Hall–Kier alpha value is -0.940. The summed E-state index contributed by atoms with van der Waals surface area (Å²) in [6.07, 6.45) is 1.72. The first kappa shape index (κ1) is 13.5. The minimum Gasteiger partial charge on any atom is -0.339 e. The van der Waals surface area contributed by atoms with E-state index in [-0.39, 0.29) is 5.82 Å². The maximum Gasteiger partial charge on any atom is 0.144 e. The lowest BCUT2D eigenvalue weighted by Gasteiger charge is -2.12. The molecule has 1 aromatic heterocycles. The van der Waals surface area contributed by atoms with Crippen LogP contribution < -0.4 is 5.32 Å². The average molecular weight is 374 g/mol. The van der Waals surface area contributed by atoms with Crippen LogP contribution in [0.3, 0.4) is 0 Å². The molecule has 2 rings (SSSR count). The van der Waals surface area contributed by atoms with Gasteiger partial charge in [-0.25, -0.2) is 9.37 Å². The number of anilines is 2. The predicted molar refractivity (Wildman–Crippen MR) is 78.8 cm³/mol. The van der Waals surface area contributed by atoms with Gasteiger partial charge in [0.15, 0.2) is 0 Å². The number of pyridine rings is 1. The van der Waals surface area contributed by atoms with Gasteiger partial charge >= 0.3 is 0 Å². The summed E-state index contributed by atoms with van der Waals surface area (Å²) in [6, 6.07) is 5.10. The number of hydrogen-bond donors (Lipinski definition) is 1. The maximum absolute atomic E-state index is 13.5. The van der Waals surface area contributed by atoms with Crippen molar-refractivity contribution in [3.8, 4) is 0 Å². The van der Waals surface area contributed by atoms with E-state index < -0.39 is 0 Å². The summed E-state index contributed by atoms with van der Waals surface area (Å²) in [4.78, 5) is 4.24. The standard InChI is InChI=1S/C13H11Br2FN2/c1-7-3-4-17-13(12(7)15)18-11-6-10(16)9(14)5-8(11)2/h3-6H,1-2H3,(H,17,18). The van der Waals surface area contributed by atoms with E-state index in [4.69, 9.17) is 0 Å². The zero-order valence-electron chi connectivity index (χ0n) is 9.89. The first-order valence-corrected chi connectivity index (χ1v) is 6.91. The molecule has 1 aromatic carbocycles. The van der Waals surface area contributed by atoms with Crippen LogP contribution in [0.4, 0.5) is 15.9 Å². The molecule has 5 heteroatoms. The molecule has 2 nitrogen and oxygen atoms in total. The number of rotatable bonds is 2. The van der Waals surface area contributed by atoms with E-state index in [1.165, 1.54) is 6.07 Å². The summed E-state index contributed by atoms with van der Waals surface area (Å²) in [5, 5.41) is 3.13. The number of nitrogens with zero attached hydrogens (tertiary/aromatic N) is 1. The van der Waals surface area contributed by atoms with Crippen LogP contribution in [0.1, 0.15) is 11.1 Å². The van der Waals surface area contributed by atoms with Gasteiger partial charge in [-0.05, 0) is 75.0 Å². The van der Waals surface area contributed by atoms with Crippen LogP contribution in [0.15, 0.2) is 33.3 Å². The molecule has 0 atom stereocenters. The topological polar surface area (TPSA) is 24.9 Å². The van der Waals surface area contributed by atoms with Crippen LogP contribution in [0.2, 0.25) is 0 Å². The smallest absolute Gasteiger partial charge is 0.144 e. The van der Waals surface area contributed by atoms with Crippen molar-refractivity contribution >= 4 is 43.4 Å². The van der Waals surface area contributed by atoms with Crippen LogP contribution in [0.25, 0.3) is 0 Å². The van der Waals surface area contributed by atoms with Crippen molar-refractivity contribution in [3.63, 3.8) is 0 Å². The molecule has 0 unspecified atom stereocenters. The molecule has 0 saturated carbocycles. The van der Waals surface area contributed by atoms with Gasteiger partial charge in [-0.3, -0.25) is 0 Å². The van der Waals surface area contributed by atoms with Crippen molar-refractivity contribution in [2.24, 2.45) is 0 Å². The van der Waals surface area contributed by atoms with Gasteiger partial charge < -0.3 is 5.32 Å². The highest BCUT2D eigenvalue weighted by molar-refractivity contribution is 9.11. The first-order valence-electron chi connectivity index (χ1n) is 5.33. The molecule has 2 aromatic rings. The zero-order chi connectivity index (χ0) is 13.3. The highest BCUT2D eigenvalue weighted by Crippen LogP contribution is 2.30. The van der Waals surface area contributed by atoms with Gasteiger partial charge in [-0.2, -0.15) is 0 Å². The fourth-order valence-electron chi connectivity index (χ4n) is 1.54. The predicted octanol–water partition coefficient (Wildman–Crippen LogP) is 5.11. The number of aromatic nitrogens is 1. The first-order chi connectivity index (χ1) is 8.49. The van der Waals surface area contributed by atoms with Gasteiger partial charge in [-0.1, -0.05) is 0 Å². The van der Waals surface area contributed by atoms with Gasteiger partial charge in [0.25, 0.3) is 0 Å². The third-order valence-corrected chi connectivity index (χ3v) is 4.21. The van der Waals surface area contributed by atoms with Crippen LogP contribution in [-0.2, 0) is 0 Å². The normalized spacial score (nSPS) is 10.5. The molecule has 0 spiro atoms. The van der Waals surface area contributed by atoms with E-state index in [0.29, 0.717) is 16.0 Å². The Labute approximate surface area is 122 Å². The zero-order valence-corrected chi connectivity index (χ0v) is 13.1. The fourth-order valence-corrected chi connectivity index (χ4v) is 2.33. The van der Waals surface area contributed by atoms with E-state index in [2.05, 4.69) is 42.2 Å². The lowest BCUT2D eigenvalue weighted by Crippen LogP contribution is -1.98. The number of halogens is 3. The van der Waals surface area contributed by atoms with Crippen LogP contribution >= 0.6 is 31.9 Å². The quantitative estimate of drug-likeness (QED) is 0.791. The molecule has 0 bridgehead atoms. The van der Waals surface area contributed by atoms with Crippen molar-refractivity contribution in [1.82, 2.24) is 4.98 Å². The molecule has 0 fully saturated rings. The number of hydrogen-bond acceptors (Lipinski definition) is 2. The molecule has 0 aliphatic carbocycles. The number of nitrogens with one attached hydrogen (secondary N) is 1. The largest absolute Gasteiger partial charge is 0.339 e. The van der Waals surface area contributed by atoms with E-state index in [9.17, 15) is 4.39 Å². The maximum atomic E-state index is 13.5. The lowest BCUT2D eigenvalue weighted by molar-refractivity contribution is 0.621. The van der Waals surface area contributed by atoms with Gasteiger partial charge in [0, 0.05) is 11.9 Å². The van der Waals surface area contributed by atoms with E-state index in [1.54, 1.807) is 12.3 Å². The van der Waals surface area contributed by atoms with E-state index >= 15 is 0 Å². The molecular weight excluding hydrogens is 363 g/mol. The third-order valence-electron chi connectivity index (χ3n) is 2.60. The van der Waals surface area contributed by atoms with Crippen molar-refractivity contribution in [2.75, 3.05) is 5.32 Å². The molecule has 1 heterocycles. The molecule has 94 valence electrons. The molecule has 18 heavy (non-hydrogen) atoms. The minimum absolute atomic E-state index is 0.299. The Balaban J connectivity index is 2.40. The molecular formula is C13H11Br2FN2. The van der Waals surface area contributed by atoms with Gasteiger partial charge in [0.1, 0.15) is 11.6 Å². The second-order valence-corrected chi connectivity index (χ2v) is 5.64. The van der Waals surface area contributed by atoms with Crippen LogP contribution in [0, 0.1) is 19.7 Å². The van der Waals surface area contributed by atoms with E-state index in [0.717, 1.165) is 15.6 Å². The Kier molecular flexibility index (Phi) is 4.02. The van der Waals surface area contributed by atoms with E-state index in [1.807, 2.05) is 19.9 Å². The van der Waals surface area contributed by atoms with Crippen LogP contribution in [0.5, 0.6) is 0 Å². The van der Waals surface area contributed by atoms with Crippen molar-refractivity contribution in [1.29, 1.82) is 0 Å². The second kappa shape index (κ2) is 5.36. The Morgan fingerprint density at radius 2 is 1.89 bits per heavy atom. The number of aryl methyl sites for hydroxylation is 2. The summed E-state index contributed by atoms with van der Waals surface area (Å²) in [7, 11) is 0. The molecule has 0 amide bonds. The molecule has 0 aliphatic heterocycles. The van der Waals surface area contributed by atoms with Crippen molar-refractivity contribution in [3.05, 3.63) is 50.3 Å². The highest BCUT2D eigenvalue weighted by atomic mass is 79.9. The monoisotopic (exact) mass is 372 g/mol. The molecule has 0 radical (unpaired) electrons. The van der Waals surface area contributed by atoms with Crippen LogP contribution in [-0.4, -0.2) is 4.98 Å². The molecule has 0 saturated heterocycles. The Morgan fingerprint density at radius 3 is 2.61 bits per heavy atom. The SMILES string of the molecule is Cc1cc(Br)c(F)cc1Nc1nccc(C)c1Br. The lowest BCUT2D eigenvalue weighted by atomic mass is 10.2. The van der Waals surface area contributed by atoms with Crippen molar-refractivity contribution in [2.45, 2.75) is 13.8 Å². The number of benzene rings is 1.